The summed E-state index contributed by atoms with van der Waals surface area (Å²) < 4.78 is 5.73. The molecule has 136 valence electrons. The van der Waals surface area contributed by atoms with Gasteiger partial charge in [0.2, 0.25) is 0 Å². The Morgan fingerprint density at radius 3 is 2.15 bits per heavy atom. The fourth-order valence-electron chi connectivity index (χ4n) is 2.61. The lowest BCUT2D eigenvalue weighted by Crippen LogP contribution is -1.99. The number of carboxylic acid groups (broad SMARTS) is 1. The van der Waals surface area contributed by atoms with Gasteiger partial charge in [-0.3, -0.25) is 0 Å². The summed E-state index contributed by atoms with van der Waals surface area (Å²) in [6, 6.07) is 15.6. The zero-order valence-corrected chi connectivity index (χ0v) is 15.4. The van der Waals surface area contributed by atoms with Crippen molar-refractivity contribution in [1.29, 1.82) is 0 Å². The zero-order valence-electron chi connectivity index (χ0n) is 15.4. The third-order valence-corrected chi connectivity index (χ3v) is 4.09. The number of hydrogen-bond donors (Lipinski definition) is 1. The minimum absolute atomic E-state index is 0.283. The number of unbranched alkanes of at least 4 members (excludes halogenated alkanes) is 2. The van der Waals surface area contributed by atoms with Crippen LogP contribution in [0.5, 0.6) is 5.75 Å². The smallest absolute Gasteiger partial charge is 0.336 e. The molecule has 0 atom stereocenters. The minimum atomic E-state index is -0.930. The van der Waals surface area contributed by atoms with E-state index in [2.05, 4.69) is 6.92 Å². The van der Waals surface area contributed by atoms with Crippen LogP contribution < -0.4 is 4.74 Å². The van der Waals surface area contributed by atoms with Gasteiger partial charge in [-0.1, -0.05) is 68.3 Å². The van der Waals surface area contributed by atoms with Crippen LogP contribution in [0, 0.1) is 0 Å². The van der Waals surface area contributed by atoms with E-state index in [0.29, 0.717) is 5.56 Å². The van der Waals surface area contributed by atoms with Crippen LogP contribution in [0.15, 0.2) is 66.8 Å². The van der Waals surface area contributed by atoms with E-state index < -0.39 is 5.97 Å². The van der Waals surface area contributed by atoms with E-state index in [9.17, 15) is 9.90 Å². The molecule has 0 aliphatic rings. The van der Waals surface area contributed by atoms with E-state index in [1.54, 1.807) is 12.2 Å². The van der Waals surface area contributed by atoms with Gasteiger partial charge in [0.05, 0.1) is 12.2 Å². The van der Waals surface area contributed by atoms with Gasteiger partial charge in [-0.05, 0) is 48.2 Å². The summed E-state index contributed by atoms with van der Waals surface area (Å²) in [5.41, 5.74) is 3.09. The van der Waals surface area contributed by atoms with Crippen LogP contribution in [0.4, 0.5) is 0 Å². The number of benzene rings is 2. The predicted molar refractivity (Wildman–Crippen MR) is 107 cm³/mol. The molecule has 0 aromatic heterocycles. The molecule has 3 heteroatoms. The Morgan fingerprint density at radius 1 is 1.00 bits per heavy atom. The SMILES string of the molecule is CC=CC=C(C(=O)O)c1ccc(-c2ccc(OCCCCC)cc2)cc1. The summed E-state index contributed by atoms with van der Waals surface area (Å²) in [5.74, 6) is -0.0515. The maximum Gasteiger partial charge on any atom is 0.336 e. The normalized spacial score (nSPS) is 11.7. The van der Waals surface area contributed by atoms with Crippen molar-refractivity contribution >= 4 is 11.5 Å². The van der Waals surface area contributed by atoms with Crippen molar-refractivity contribution in [3.63, 3.8) is 0 Å². The van der Waals surface area contributed by atoms with Crippen molar-refractivity contribution in [3.05, 3.63) is 72.3 Å². The Bertz CT molecular complexity index is 753. The highest BCUT2D eigenvalue weighted by Crippen LogP contribution is 2.25. The molecule has 0 saturated carbocycles. The largest absolute Gasteiger partial charge is 0.494 e. The Hall–Kier alpha value is -2.81. The van der Waals surface area contributed by atoms with E-state index in [-0.39, 0.29) is 5.57 Å². The van der Waals surface area contributed by atoms with Crippen molar-refractivity contribution in [2.75, 3.05) is 6.61 Å². The van der Waals surface area contributed by atoms with Crippen LogP contribution >= 0.6 is 0 Å². The molecule has 0 aliphatic heterocycles. The first-order valence-electron chi connectivity index (χ1n) is 9.05. The van der Waals surface area contributed by atoms with Gasteiger partial charge in [-0.25, -0.2) is 4.79 Å². The van der Waals surface area contributed by atoms with Gasteiger partial charge in [0, 0.05) is 0 Å². The van der Waals surface area contributed by atoms with Gasteiger partial charge in [0.25, 0.3) is 0 Å². The molecule has 0 fully saturated rings. The number of carbonyl (C=O) groups is 1. The van der Waals surface area contributed by atoms with Crippen LogP contribution in [-0.4, -0.2) is 17.7 Å². The Kier molecular flexibility index (Phi) is 7.69. The summed E-state index contributed by atoms with van der Waals surface area (Å²) >= 11 is 0. The van der Waals surface area contributed by atoms with E-state index in [1.165, 1.54) is 12.8 Å². The molecule has 2 rings (SSSR count). The molecule has 0 aliphatic carbocycles. The fraction of sp³-hybridized carbons (Fsp3) is 0.261. The van der Waals surface area contributed by atoms with Gasteiger partial charge >= 0.3 is 5.97 Å². The lowest BCUT2D eigenvalue weighted by atomic mass is 10.00. The maximum absolute atomic E-state index is 11.4. The molecule has 2 aromatic carbocycles. The van der Waals surface area contributed by atoms with Crippen molar-refractivity contribution in [3.8, 4) is 16.9 Å². The molecular weight excluding hydrogens is 324 g/mol. The van der Waals surface area contributed by atoms with Gasteiger partial charge in [0.1, 0.15) is 5.75 Å². The molecule has 2 aromatic rings. The number of aliphatic carboxylic acids is 1. The summed E-state index contributed by atoms with van der Waals surface area (Å²) in [5, 5.41) is 9.36. The molecule has 0 radical (unpaired) electrons. The topological polar surface area (TPSA) is 46.5 Å². The number of allylic oxidation sites excluding steroid dienone is 3. The lowest BCUT2D eigenvalue weighted by Gasteiger charge is -2.08. The van der Waals surface area contributed by atoms with Crippen LogP contribution in [0.25, 0.3) is 16.7 Å². The second-order valence-corrected chi connectivity index (χ2v) is 6.07. The van der Waals surface area contributed by atoms with Crippen molar-refractivity contribution in [2.45, 2.75) is 33.1 Å². The molecule has 0 bridgehead atoms. The van der Waals surface area contributed by atoms with Crippen LogP contribution in [0.1, 0.15) is 38.7 Å². The summed E-state index contributed by atoms with van der Waals surface area (Å²) in [4.78, 5) is 11.4. The molecule has 0 saturated heterocycles. The molecular formula is C23H26O3. The van der Waals surface area contributed by atoms with E-state index >= 15 is 0 Å². The molecule has 0 heterocycles. The van der Waals surface area contributed by atoms with Crippen LogP contribution in [0.2, 0.25) is 0 Å². The molecule has 3 nitrogen and oxygen atoms in total. The number of hydrogen-bond acceptors (Lipinski definition) is 2. The third-order valence-electron chi connectivity index (χ3n) is 4.09. The van der Waals surface area contributed by atoms with Gasteiger partial charge in [-0.2, -0.15) is 0 Å². The highest BCUT2D eigenvalue weighted by molar-refractivity contribution is 6.15. The van der Waals surface area contributed by atoms with Gasteiger partial charge in [-0.15, -0.1) is 0 Å². The van der Waals surface area contributed by atoms with E-state index in [4.69, 9.17) is 4.74 Å². The van der Waals surface area contributed by atoms with Gasteiger partial charge < -0.3 is 9.84 Å². The fourth-order valence-corrected chi connectivity index (χ4v) is 2.61. The molecule has 26 heavy (non-hydrogen) atoms. The number of carboxylic acids is 1. The van der Waals surface area contributed by atoms with E-state index in [0.717, 1.165) is 29.9 Å². The molecule has 0 spiro atoms. The highest BCUT2D eigenvalue weighted by Gasteiger charge is 2.09. The molecule has 1 N–H and O–H groups in total. The van der Waals surface area contributed by atoms with E-state index in [1.807, 2.05) is 61.5 Å². The first kappa shape index (κ1) is 19.5. The predicted octanol–water partition coefficient (Wildman–Crippen LogP) is 5.97. The molecule has 0 unspecified atom stereocenters. The summed E-state index contributed by atoms with van der Waals surface area (Å²) in [7, 11) is 0. The Labute approximate surface area is 155 Å². The average Bonchev–Trinajstić information content (AvgIpc) is 2.66. The zero-order chi connectivity index (χ0) is 18.8. The van der Waals surface area contributed by atoms with Crippen molar-refractivity contribution < 1.29 is 14.6 Å². The third kappa shape index (κ3) is 5.62. The molecule has 0 amide bonds. The number of ether oxygens (including phenoxy) is 1. The monoisotopic (exact) mass is 350 g/mol. The second kappa shape index (κ2) is 10.2. The second-order valence-electron chi connectivity index (χ2n) is 6.07. The maximum atomic E-state index is 11.4. The van der Waals surface area contributed by atoms with Crippen molar-refractivity contribution in [2.24, 2.45) is 0 Å². The van der Waals surface area contributed by atoms with Crippen LogP contribution in [0.3, 0.4) is 0 Å². The Balaban J connectivity index is 2.09. The Morgan fingerprint density at radius 2 is 1.62 bits per heavy atom. The minimum Gasteiger partial charge on any atom is -0.494 e. The highest BCUT2D eigenvalue weighted by atomic mass is 16.5. The van der Waals surface area contributed by atoms with Crippen LogP contribution in [-0.2, 0) is 4.79 Å². The number of rotatable bonds is 9. The summed E-state index contributed by atoms with van der Waals surface area (Å²) in [6.07, 6.45) is 8.60. The average molecular weight is 350 g/mol. The first-order chi connectivity index (χ1) is 12.7. The summed E-state index contributed by atoms with van der Waals surface area (Å²) in [6.45, 7) is 4.78. The first-order valence-corrected chi connectivity index (χ1v) is 9.05. The van der Waals surface area contributed by atoms with Gasteiger partial charge in [0.15, 0.2) is 0 Å². The van der Waals surface area contributed by atoms with Crippen molar-refractivity contribution in [1.82, 2.24) is 0 Å². The lowest BCUT2D eigenvalue weighted by molar-refractivity contribution is -0.130. The standard InChI is InChI=1S/C23H26O3/c1-3-5-7-17-26-21-15-13-19(14-16-21)18-9-11-20(12-10-18)22(23(24)25)8-6-4-2/h4,6,8-16H,3,5,7,17H2,1-2H3,(H,24,25). The quantitative estimate of drug-likeness (QED) is 0.344.